The molecule has 0 saturated heterocycles. The monoisotopic (exact) mass is 438 g/mol. The van der Waals surface area contributed by atoms with Crippen LogP contribution in [0.3, 0.4) is 0 Å². The Bertz CT molecular complexity index is 878. The maximum Gasteiger partial charge on any atom is 0.261 e. The number of hydrogen-bond acceptors (Lipinski definition) is 3. The molecule has 0 saturated carbocycles. The van der Waals surface area contributed by atoms with Crippen molar-refractivity contribution >= 4 is 11.8 Å². The van der Waals surface area contributed by atoms with E-state index in [2.05, 4.69) is 26.1 Å². The number of carbonyl (C=O) groups excluding carboxylic acids is 2. The largest absolute Gasteiger partial charge is 0.484 e. The van der Waals surface area contributed by atoms with Crippen LogP contribution in [-0.4, -0.2) is 41.4 Å². The minimum atomic E-state index is -0.600. The van der Waals surface area contributed by atoms with Crippen molar-refractivity contribution < 1.29 is 14.3 Å². The summed E-state index contributed by atoms with van der Waals surface area (Å²) in [6, 6.07) is 17.2. The number of benzene rings is 2. The smallest absolute Gasteiger partial charge is 0.261 e. The molecule has 2 rings (SSSR count). The van der Waals surface area contributed by atoms with Crippen LogP contribution in [0.2, 0.25) is 0 Å². The van der Waals surface area contributed by atoms with Gasteiger partial charge < -0.3 is 15.0 Å². The molecular weight excluding hydrogens is 400 g/mol. The van der Waals surface area contributed by atoms with Crippen molar-refractivity contribution in [3.05, 3.63) is 65.7 Å². The minimum absolute atomic E-state index is 0.0540. The fourth-order valence-electron chi connectivity index (χ4n) is 3.32. The minimum Gasteiger partial charge on any atom is -0.484 e. The van der Waals surface area contributed by atoms with Crippen molar-refractivity contribution in [3.63, 3.8) is 0 Å². The number of nitrogens with one attached hydrogen (secondary N) is 1. The summed E-state index contributed by atoms with van der Waals surface area (Å²) < 4.78 is 5.78. The zero-order valence-corrected chi connectivity index (χ0v) is 20.6. The molecular formula is C27H38N2O3. The van der Waals surface area contributed by atoms with Crippen molar-refractivity contribution in [2.75, 3.05) is 13.2 Å². The second kappa shape index (κ2) is 10.7. The van der Waals surface area contributed by atoms with Gasteiger partial charge in [-0.2, -0.15) is 0 Å². The van der Waals surface area contributed by atoms with Gasteiger partial charge >= 0.3 is 0 Å². The van der Waals surface area contributed by atoms with Gasteiger partial charge in [-0.05, 0) is 62.8 Å². The van der Waals surface area contributed by atoms with Crippen molar-refractivity contribution in [1.82, 2.24) is 10.2 Å². The van der Waals surface area contributed by atoms with Crippen molar-refractivity contribution in [2.24, 2.45) is 0 Å². The normalized spacial score (nSPS) is 12.7. The van der Waals surface area contributed by atoms with E-state index in [1.54, 1.807) is 11.8 Å². The Morgan fingerprint density at radius 2 is 1.53 bits per heavy atom. The molecule has 174 valence electrons. The Hall–Kier alpha value is -2.82. The first-order valence-corrected chi connectivity index (χ1v) is 11.3. The summed E-state index contributed by atoms with van der Waals surface area (Å²) in [6.45, 7) is 14.3. The fourth-order valence-corrected chi connectivity index (χ4v) is 3.32. The van der Waals surface area contributed by atoms with E-state index in [1.165, 1.54) is 5.56 Å². The van der Waals surface area contributed by atoms with Crippen LogP contribution < -0.4 is 10.1 Å². The van der Waals surface area contributed by atoms with Crippen LogP contribution >= 0.6 is 0 Å². The first-order chi connectivity index (χ1) is 14.9. The van der Waals surface area contributed by atoms with Crippen LogP contribution in [0, 0.1) is 0 Å². The van der Waals surface area contributed by atoms with E-state index >= 15 is 0 Å². The Balaban J connectivity index is 2.09. The summed E-state index contributed by atoms with van der Waals surface area (Å²) in [5, 5.41) is 2.97. The van der Waals surface area contributed by atoms with E-state index in [-0.39, 0.29) is 29.4 Å². The molecule has 0 bridgehead atoms. The molecule has 2 aromatic rings. The molecule has 1 N–H and O–H groups in total. The highest BCUT2D eigenvalue weighted by atomic mass is 16.5. The van der Waals surface area contributed by atoms with Crippen LogP contribution in [0.5, 0.6) is 5.75 Å². The SMILES string of the molecule is C[C@H](C(=O)NC(C)(C)C)N(CCc1ccccc1)C(=O)COc1ccc(C(C)(C)C)cc1. The van der Waals surface area contributed by atoms with Crippen LogP contribution in [0.25, 0.3) is 0 Å². The highest BCUT2D eigenvalue weighted by molar-refractivity contribution is 5.88. The maximum absolute atomic E-state index is 13.1. The van der Waals surface area contributed by atoms with Crippen molar-refractivity contribution in [1.29, 1.82) is 0 Å². The lowest BCUT2D eigenvalue weighted by molar-refractivity contribution is -0.142. The molecule has 0 aliphatic carbocycles. The van der Waals surface area contributed by atoms with E-state index in [9.17, 15) is 9.59 Å². The summed E-state index contributed by atoms with van der Waals surface area (Å²) in [4.78, 5) is 27.5. The zero-order chi connectivity index (χ0) is 23.9. The molecule has 0 aliphatic heterocycles. The molecule has 5 heteroatoms. The van der Waals surface area contributed by atoms with Gasteiger partial charge in [-0.3, -0.25) is 9.59 Å². The number of rotatable bonds is 8. The molecule has 0 aromatic heterocycles. The Labute approximate surface area is 193 Å². The summed E-state index contributed by atoms with van der Waals surface area (Å²) >= 11 is 0. The van der Waals surface area contributed by atoms with Crippen LogP contribution in [0.4, 0.5) is 0 Å². The highest BCUT2D eigenvalue weighted by Gasteiger charge is 2.28. The van der Waals surface area contributed by atoms with Gasteiger partial charge in [-0.25, -0.2) is 0 Å². The maximum atomic E-state index is 13.1. The summed E-state index contributed by atoms with van der Waals surface area (Å²) in [6.07, 6.45) is 0.667. The van der Waals surface area contributed by atoms with Gasteiger partial charge in [0.15, 0.2) is 6.61 Å². The topological polar surface area (TPSA) is 58.6 Å². The van der Waals surface area contributed by atoms with E-state index in [1.807, 2.05) is 75.4 Å². The molecule has 0 radical (unpaired) electrons. The second-order valence-electron chi connectivity index (χ2n) is 10.3. The van der Waals surface area contributed by atoms with Gasteiger partial charge in [-0.1, -0.05) is 63.2 Å². The predicted octanol–water partition coefficient (Wildman–Crippen LogP) is 4.74. The average molecular weight is 439 g/mol. The number of hydrogen-bond donors (Lipinski definition) is 1. The van der Waals surface area contributed by atoms with Gasteiger partial charge in [-0.15, -0.1) is 0 Å². The molecule has 0 fully saturated rings. The summed E-state index contributed by atoms with van der Waals surface area (Å²) in [5.74, 6) is 0.256. The third-order valence-corrected chi connectivity index (χ3v) is 5.23. The van der Waals surface area contributed by atoms with Gasteiger partial charge in [0.2, 0.25) is 5.91 Å². The van der Waals surface area contributed by atoms with E-state index in [4.69, 9.17) is 4.74 Å². The van der Waals surface area contributed by atoms with E-state index < -0.39 is 6.04 Å². The first kappa shape index (κ1) is 25.4. The molecule has 1 atom stereocenters. The lowest BCUT2D eigenvalue weighted by Gasteiger charge is -2.31. The Kier molecular flexibility index (Phi) is 8.48. The third kappa shape index (κ3) is 8.03. The van der Waals surface area contributed by atoms with E-state index in [0.717, 1.165) is 5.56 Å². The van der Waals surface area contributed by atoms with Gasteiger partial charge in [0, 0.05) is 12.1 Å². The highest BCUT2D eigenvalue weighted by Crippen LogP contribution is 2.24. The standard InChI is InChI=1S/C27H38N2O3/c1-20(25(31)28-27(5,6)7)29(18-17-21-11-9-8-10-12-21)24(30)19-32-23-15-13-22(14-16-23)26(2,3)4/h8-16,20H,17-19H2,1-7H3,(H,28,31)/t20-/m1/s1. The Morgan fingerprint density at radius 3 is 2.06 bits per heavy atom. The molecule has 0 heterocycles. The predicted molar refractivity (Wildman–Crippen MR) is 130 cm³/mol. The number of amides is 2. The fraction of sp³-hybridized carbons (Fsp3) is 0.481. The first-order valence-electron chi connectivity index (χ1n) is 11.3. The number of ether oxygens (including phenoxy) is 1. The quantitative estimate of drug-likeness (QED) is 0.648. The molecule has 2 aromatic carbocycles. The molecule has 32 heavy (non-hydrogen) atoms. The van der Waals surface area contributed by atoms with Gasteiger partial charge in [0.05, 0.1) is 0 Å². The van der Waals surface area contributed by atoms with Gasteiger partial charge in [0.1, 0.15) is 11.8 Å². The lowest BCUT2D eigenvalue weighted by atomic mass is 9.87. The van der Waals surface area contributed by atoms with Crippen LogP contribution in [-0.2, 0) is 21.4 Å². The average Bonchev–Trinajstić information content (AvgIpc) is 2.71. The van der Waals surface area contributed by atoms with Crippen molar-refractivity contribution in [3.8, 4) is 5.75 Å². The Morgan fingerprint density at radius 1 is 0.938 bits per heavy atom. The van der Waals surface area contributed by atoms with Crippen LogP contribution in [0.1, 0.15) is 59.6 Å². The summed E-state index contributed by atoms with van der Waals surface area (Å²) in [5.41, 5.74) is 2.00. The lowest BCUT2D eigenvalue weighted by Crippen LogP contribution is -2.53. The number of carbonyl (C=O) groups is 2. The molecule has 2 amide bonds. The molecule has 5 nitrogen and oxygen atoms in total. The molecule has 0 aliphatic rings. The van der Waals surface area contributed by atoms with Crippen LogP contribution in [0.15, 0.2) is 54.6 Å². The summed E-state index contributed by atoms with van der Waals surface area (Å²) in [7, 11) is 0. The molecule has 0 unspecified atom stereocenters. The van der Waals surface area contributed by atoms with Gasteiger partial charge in [0.25, 0.3) is 5.91 Å². The number of nitrogens with zero attached hydrogens (tertiary/aromatic N) is 1. The second-order valence-corrected chi connectivity index (χ2v) is 10.3. The molecule has 0 spiro atoms. The third-order valence-electron chi connectivity index (χ3n) is 5.23. The van der Waals surface area contributed by atoms with Crippen molar-refractivity contribution in [2.45, 2.75) is 71.9 Å². The zero-order valence-electron chi connectivity index (χ0n) is 20.6. The van der Waals surface area contributed by atoms with E-state index in [0.29, 0.717) is 18.7 Å².